The second kappa shape index (κ2) is 8.99. The molecule has 0 bridgehead atoms. The predicted molar refractivity (Wildman–Crippen MR) is 126 cm³/mol. The molecule has 2 aromatic rings. The lowest BCUT2D eigenvalue weighted by atomic mass is 9.66. The molecule has 2 fully saturated rings. The third kappa shape index (κ3) is 3.91. The summed E-state index contributed by atoms with van der Waals surface area (Å²) in [6.07, 6.45) is 9.84. The first-order valence-electron chi connectivity index (χ1n) is 11.9. The third-order valence-electron chi connectivity index (χ3n) is 7.25. The zero-order valence-corrected chi connectivity index (χ0v) is 18.8. The van der Waals surface area contributed by atoms with E-state index in [4.69, 9.17) is 26.3 Å². The van der Waals surface area contributed by atoms with Gasteiger partial charge in [0.05, 0.1) is 30.0 Å². The number of rotatable bonds is 5. The minimum Gasteiger partial charge on any atom is -0.490 e. The lowest BCUT2D eigenvalue weighted by Crippen LogP contribution is -2.39. The average molecular weight is 447 g/mol. The van der Waals surface area contributed by atoms with Gasteiger partial charge in [-0.3, -0.25) is 0 Å². The quantitative estimate of drug-likeness (QED) is 0.527. The summed E-state index contributed by atoms with van der Waals surface area (Å²) in [6, 6.07) is 8.49. The number of benzene rings is 1. The Bertz CT molecular complexity index is 1090. The topological polar surface area (TPSA) is 132 Å². The van der Waals surface area contributed by atoms with E-state index in [1.54, 1.807) is 0 Å². The minimum absolute atomic E-state index is 0.171. The number of ether oxygens (including phenoxy) is 1. The van der Waals surface area contributed by atoms with Crippen molar-refractivity contribution >= 4 is 11.5 Å². The molecule has 2 saturated carbocycles. The van der Waals surface area contributed by atoms with E-state index in [1.807, 2.05) is 12.1 Å². The van der Waals surface area contributed by atoms with Crippen LogP contribution in [0.3, 0.4) is 0 Å². The number of nitrogens with two attached hydrogens (primary N) is 2. The number of hydrogen-bond acceptors (Lipinski definition) is 8. The van der Waals surface area contributed by atoms with Gasteiger partial charge < -0.3 is 21.0 Å². The summed E-state index contributed by atoms with van der Waals surface area (Å²) in [5.74, 6) is 1.31. The first kappa shape index (κ1) is 21.7. The van der Waals surface area contributed by atoms with Crippen LogP contribution in [0.15, 0.2) is 29.7 Å². The van der Waals surface area contributed by atoms with Crippen molar-refractivity contribution in [3.05, 3.63) is 35.7 Å². The number of nitriles is 1. The van der Waals surface area contributed by atoms with Gasteiger partial charge in [0.25, 0.3) is 0 Å². The fraction of sp³-hybridized carbons (Fsp3) is 0.520. The first-order valence-corrected chi connectivity index (χ1v) is 11.9. The predicted octanol–water partition coefficient (Wildman–Crippen LogP) is 3.83. The van der Waals surface area contributed by atoms with Crippen LogP contribution < -0.4 is 16.2 Å². The molecule has 4 N–H and O–H groups in total. The van der Waals surface area contributed by atoms with Crippen LogP contribution in [-0.2, 0) is 10.3 Å². The SMILES string of the molecule is N#CCCO/N=C1\c2cc(O[C@H]3CC[C@H](N)CC3)ccc2-c2ncnc(N)c2C12CCCC2. The summed E-state index contributed by atoms with van der Waals surface area (Å²) >= 11 is 0. The summed E-state index contributed by atoms with van der Waals surface area (Å²) in [5.41, 5.74) is 16.7. The highest BCUT2D eigenvalue weighted by Crippen LogP contribution is 2.53. The Kier molecular flexibility index (Phi) is 5.90. The Morgan fingerprint density at radius 1 is 1.12 bits per heavy atom. The highest BCUT2D eigenvalue weighted by molar-refractivity contribution is 6.16. The molecule has 1 aromatic carbocycles. The van der Waals surface area contributed by atoms with Crippen LogP contribution in [0.5, 0.6) is 5.75 Å². The standard InChI is InChI=1S/C25H30N6O2/c26-12-3-13-32-31-23-20-14-18(33-17-6-4-16(27)5-7-17)8-9-19(20)22-21(24(28)30-15-29-22)25(23)10-1-2-11-25/h8-9,14-17H,1-7,10-11,13,27H2,(H2,28,29,30)/b31-23+/t16-,17-. The van der Waals surface area contributed by atoms with Gasteiger partial charge >= 0.3 is 0 Å². The lowest BCUT2D eigenvalue weighted by Gasteiger charge is -2.37. The number of oxime groups is 1. The number of hydrogen-bond donors (Lipinski definition) is 2. The molecule has 1 heterocycles. The van der Waals surface area contributed by atoms with Gasteiger partial charge in [-0.05, 0) is 56.7 Å². The van der Waals surface area contributed by atoms with Gasteiger partial charge in [0, 0.05) is 28.1 Å². The molecule has 3 aliphatic rings. The Labute approximate surface area is 194 Å². The number of nitrogens with zero attached hydrogens (tertiary/aromatic N) is 4. The van der Waals surface area contributed by atoms with Crippen molar-refractivity contribution in [1.82, 2.24) is 9.97 Å². The molecule has 0 radical (unpaired) electrons. The van der Waals surface area contributed by atoms with Gasteiger partial charge in [0.15, 0.2) is 0 Å². The monoisotopic (exact) mass is 446 g/mol. The molecule has 0 amide bonds. The second-order valence-corrected chi connectivity index (χ2v) is 9.31. The van der Waals surface area contributed by atoms with Gasteiger partial charge in [-0.1, -0.05) is 18.0 Å². The fourth-order valence-electron chi connectivity index (χ4n) is 5.65. The highest BCUT2D eigenvalue weighted by atomic mass is 16.6. The Hall–Kier alpha value is -3.18. The van der Waals surface area contributed by atoms with E-state index in [2.05, 4.69) is 27.3 Å². The van der Waals surface area contributed by atoms with Gasteiger partial charge in [0.1, 0.15) is 24.5 Å². The zero-order chi connectivity index (χ0) is 22.8. The maximum Gasteiger partial charge on any atom is 0.131 e. The summed E-state index contributed by atoms with van der Waals surface area (Å²) < 4.78 is 6.37. The van der Waals surface area contributed by atoms with Crippen LogP contribution in [0.25, 0.3) is 11.3 Å². The van der Waals surface area contributed by atoms with Crippen molar-refractivity contribution in [3.8, 4) is 23.1 Å². The van der Waals surface area contributed by atoms with E-state index in [1.165, 1.54) is 6.33 Å². The molecular formula is C25H30N6O2. The van der Waals surface area contributed by atoms with Crippen LogP contribution in [-0.4, -0.2) is 34.4 Å². The molecule has 1 aromatic heterocycles. The van der Waals surface area contributed by atoms with Gasteiger partial charge in [0.2, 0.25) is 0 Å². The van der Waals surface area contributed by atoms with Crippen LogP contribution in [0.2, 0.25) is 0 Å². The Morgan fingerprint density at radius 2 is 1.91 bits per heavy atom. The van der Waals surface area contributed by atoms with E-state index in [0.717, 1.165) is 85.2 Å². The van der Waals surface area contributed by atoms with Crippen molar-refractivity contribution in [2.75, 3.05) is 12.3 Å². The Balaban J connectivity index is 1.59. The molecule has 3 aliphatic carbocycles. The van der Waals surface area contributed by atoms with E-state index in [9.17, 15) is 0 Å². The molecule has 5 rings (SSSR count). The normalized spacial score (nSPS) is 24.2. The molecular weight excluding hydrogens is 416 g/mol. The van der Waals surface area contributed by atoms with Crippen LogP contribution in [0, 0.1) is 11.3 Å². The summed E-state index contributed by atoms with van der Waals surface area (Å²) in [6.45, 7) is 0.248. The maximum atomic E-state index is 8.91. The molecule has 33 heavy (non-hydrogen) atoms. The summed E-state index contributed by atoms with van der Waals surface area (Å²) in [7, 11) is 0. The van der Waals surface area contributed by atoms with Crippen molar-refractivity contribution in [3.63, 3.8) is 0 Å². The molecule has 0 aliphatic heterocycles. The number of aromatic nitrogens is 2. The molecule has 1 spiro atoms. The number of nitrogen functional groups attached to an aromatic ring is 1. The van der Waals surface area contributed by atoms with E-state index in [-0.39, 0.29) is 25.2 Å². The lowest BCUT2D eigenvalue weighted by molar-refractivity contribution is 0.146. The van der Waals surface area contributed by atoms with Gasteiger partial charge in [-0.15, -0.1) is 0 Å². The minimum atomic E-state index is -0.392. The summed E-state index contributed by atoms with van der Waals surface area (Å²) in [5, 5.41) is 13.5. The third-order valence-corrected chi connectivity index (χ3v) is 7.25. The Morgan fingerprint density at radius 3 is 2.67 bits per heavy atom. The fourth-order valence-corrected chi connectivity index (χ4v) is 5.65. The van der Waals surface area contributed by atoms with E-state index < -0.39 is 5.41 Å². The second-order valence-electron chi connectivity index (χ2n) is 9.31. The van der Waals surface area contributed by atoms with Crippen molar-refractivity contribution in [2.24, 2.45) is 10.9 Å². The first-order chi connectivity index (χ1) is 16.1. The number of anilines is 1. The molecule has 8 nitrogen and oxygen atoms in total. The zero-order valence-electron chi connectivity index (χ0n) is 18.8. The van der Waals surface area contributed by atoms with E-state index in [0.29, 0.717) is 5.82 Å². The van der Waals surface area contributed by atoms with Gasteiger partial charge in [-0.2, -0.15) is 5.26 Å². The largest absolute Gasteiger partial charge is 0.490 e. The molecule has 8 heteroatoms. The van der Waals surface area contributed by atoms with Crippen LogP contribution >= 0.6 is 0 Å². The highest BCUT2D eigenvalue weighted by Gasteiger charge is 2.49. The maximum absolute atomic E-state index is 8.91. The van der Waals surface area contributed by atoms with E-state index >= 15 is 0 Å². The molecule has 0 atom stereocenters. The van der Waals surface area contributed by atoms with Crippen molar-refractivity contribution in [2.45, 2.75) is 75.3 Å². The number of fused-ring (bicyclic) bond motifs is 4. The van der Waals surface area contributed by atoms with Crippen LogP contribution in [0.1, 0.15) is 68.9 Å². The van der Waals surface area contributed by atoms with Crippen molar-refractivity contribution < 1.29 is 9.57 Å². The average Bonchev–Trinajstić information content (AvgIpc) is 3.30. The smallest absolute Gasteiger partial charge is 0.131 e. The van der Waals surface area contributed by atoms with Gasteiger partial charge in [-0.25, -0.2) is 9.97 Å². The molecule has 0 saturated heterocycles. The van der Waals surface area contributed by atoms with Crippen LogP contribution in [0.4, 0.5) is 5.82 Å². The summed E-state index contributed by atoms with van der Waals surface area (Å²) in [4.78, 5) is 14.6. The molecule has 0 unspecified atom stereocenters. The molecule has 172 valence electrons. The van der Waals surface area contributed by atoms with Crippen molar-refractivity contribution in [1.29, 1.82) is 5.26 Å².